The molecule has 2 aliphatic heterocycles. The summed E-state index contributed by atoms with van der Waals surface area (Å²) in [6.07, 6.45) is 0.968. The molecule has 27 heavy (non-hydrogen) atoms. The number of rotatable bonds is 3. The third kappa shape index (κ3) is 3.06. The molecule has 1 fully saturated rings. The summed E-state index contributed by atoms with van der Waals surface area (Å²) >= 11 is 0. The van der Waals surface area contributed by atoms with Gasteiger partial charge in [-0.1, -0.05) is 17.7 Å². The van der Waals surface area contributed by atoms with Gasteiger partial charge in [0.15, 0.2) is 5.69 Å². The summed E-state index contributed by atoms with van der Waals surface area (Å²) in [5, 5.41) is 0. The van der Waals surface area contributed by atoms with Gasteiger partial charge in [-0.2, -0.15) is 8.42 Å². The summed E-state index contributed by atoms with van der Waals surface area (Å²) in [7, 11) is -4.28. The number of carbonyl (C=O) groups is 1. The van der Waals surface area contributed by atoms with E-state index in [4.69, 9.17) is 8.92 Å². The van der Waals surface area contributed by atoms with Crippen molar-refractivity contribution >= 4 is 16.0 Å². The van der Waals surface area contributed by atoms with Crippen LogP contribution >= 0.6 is 0 Å². The number of nitrogens with one attached hydrogen (secondary N) is 1. The van der Waals surface area contributed by atoms with Crippen LogP contribution in [0.4, 0.5) is 0 Å². The van der Waals surface area contributed by atoms with Crippen molar-refractivity contribution in [1.82, 2.24) is 9.58 Å². The lowest BCUT2D eigenvalue weighted by atomic mass is 10.2. The minimum Gasteiger partial charge on any atom is -0.375 e. The fourth-order valence-corrected chi connectivity index (χ4v) is 3.97. The summed E-state index contributed by atoms with van der Waals surface area (Å²) in [6.45, 7) is 2.79. The van der Waals surface area contributed by atoms with Crippen LogP contribution < -0.4 is 15.0 Å². The van der Waals surface area contributed by atoms with Crippen LogP contribution in [0.25, 0.3) is 0 Å². The lowest BCUT2D eigenvalue weighted by Gasteiger charge is -2.41. The van der Waals surface area contributed by atoms with Crippen LogP contribution in [-0.4, -0.2) is 49.8 Å². The van der Waals surface area contributed by atoms with Crippen LogP contribution in [0.2, 0.25) is 0 Å². The molecule has 3 heterocycles. The largest absolute Gasteiger partial charge is 0.375 e. The summed E-state index contributed by atoms with van der Waals surface area (Å²) < 4.78 is 37.0. The van der Waals surface area contributed by atoms with Gasteiger partial charge < -0.3 is 19.2 Å². The van der Waals surface area contributed by atoms with Crippen molar-refractivity contribution in [1.29, 1.82) is 0 Å². The average Bonchev–Trinajstić information content (AvgIpc) is 2.64. The molecule has 0 radical (unpaired) electrons. The van der Waals surface area contributed by atoms with E-state index >= 15 is 0 Å². The van der Waals surface area contributed by atoms with Gasteiger partial charge in [0.1, 0.15) is 11.1 Å². The normalized spacial score (nSPS) is 19.1. The molecule has 0 spiro atoms. The zero-order chi connectivity index (χ0) is 19.2. The van der Waals surface area contributed by atoms with Crippen LogP contribution in [-0.2, 0) is 14.9 Å². The third-order valence-electron chi connectivity index (χ3n) is 4.44. The molecule has 2 aromatic rings. The van der Waals surface area contributed by atoms with Crippen molar-refractivity contribution in [3.63, 3.8) is 0 Å². The standard InChI is InChI=1S/C17H17N3O6S/c1-11-2-4-12(5-3-11)27(23,24)26-16-13(21)6-7-20-15(16)17(22)19-8-9-25-10-14(19)18-20/h2-7,14,18H,8-10H2,1H3/t14-/m0/s1. The molecule has 1 N–H and O–H groups in total. The number of aryl methyl sites for hydroxylation is 1. The van der Waals surface area contributed by atoms with E-state index in [1.165, 1.54) is 27.9 Å². The Morgan fingerprint density at radius 2 is 1.93 bits per heavy atom. The van der Waals surface area contributed by atoms with Crippen molar-refractivity contribution in [2.45, 2.75) is 18.0 Å². The molecule has 0 unspecified atom stereocenters. The Morgan fingerprint density at radius 1 is 1.19 bits per heavy atom. The highest BCUT2D eigenvalue weighted by atomic mass is 32.2. The number of hydrogen-bond donors (Lipinski definition) is 1. The number of carbonyl (C=O) groups excluding carboxylic acids is 1. The molecule has 0 saturated carbocycles. The van der Waals surface area contributed by atoms with Crippen molar-refractivity contribution in [2.24, 2.45) is 0 Å². The highest BCUT2D eigenvalue weighted by Gasteiger charge is 2.38. The van der Waals surface area contributed by atoms with Gasteiger partial charge in [0.2, 0.25) is 11.2 Å². The zero-order valence-electron chi connectivity index (χ0n) is 14.4. The van der Waals surface area contributed by atoms with E-state index in [1.807, 2.05) is 6.92 Å². The highest BCUT2D eigenvalue weighted by molar-refractivity contribution is 7.87. The van der Waals surface area contributed by atoms with Gasteiger partial charge in [0.05, 0.1) is 13.2 Å². The second-order valence-electron chi connectivity index (χ2n) is 6.30. The van der Waals surface area contributed by atoms with E-state index < -0.39 is 33.4 Å². The Kier molecular flexibility index (Phi) is 4.16. The van der Waals surface area contributed by atoms with Crippen LogP contribution in [0.1, 0.15) is 16.1 Å². The molecule has 0 aliphatic carbocycles. The molecule has 2 aliphatic rings. The van der Waals surface area contributed by atoms with E-state index in [9.17, 15) is 18.0 Å². The molecule has 1 atom stereocenters. The van der Waals surface area contributed by atoms with Crippen LogP contribution in [0.15, 0.2) is 46.2 Å². The first-order valence-electron chi connectivity index (χ1n) is 8.29. The number of pyridine rings is 1. The zero-order valence-corrected chi connectivity index (χ0v) is 15.2. The number of aromatic nitrogens is 1. The monoisotopic (exact) mass is 391 g/mol. The number of fused-ring (bicyclic) bond motifs is 2. The highest BCUT2D eigenvalue weighted by Crippen LogP contribution is 2.25. The minimum absolute atomic E-state index is 0.101. The Hall–Kier alpha value is -2.85. The molecule has 1 saturated heterocycles. The first kappa shape index (κ1) is 17.6. The Balaban J connectivity index is 1.77. The Labute approximate surface area is 155 Å². The van der Waals surface area contributed by atoms with E-state index in [2.05, 4.69) is 5.43 Å². The predicted octanol–water partition coefficient (Wildman–Crippen LogP) is 0.280. The molecule has 1 amide bonds. The fourth-order valence-electron chi connectivity index (χ4n) is 3.02. The lowest BCUT2D eigenvalue weighted by molar-refractivity contribution is -0.00302. The number of ether oxygens (including phenoxy) is 1. The summed E-state index contributed by atoms with van der Waals surface area (Å²) in [5.74, 6) is -1.02. The van der Waals surface area contributed by atoms with Crippen LogP contribution in [0, 0.1) is 6.92 Å². The number of morpholine rings is 1. The summed E-state index contributed by atoms with van der Waals surface area (Å²) in [4.78, 5) is 26.6. The maximum atomic E-state index is 12.9. The smallest absolute Gasteiger partial charge is 0.339 e. The predicted molar refractivity (Wildman–Crippen MR) is 94.7 cm³/mol. The van der Waals surface area contributed by atoms with Gasteiger partial charge in [0, 0.05) is 18.8 Å². The molecule has 4 rings (SSSR count). The van der Waals surface area contributed by atoms with E-state index in [0.29, 0.717) is 13.2 Å². The van der Waals surface area contributed by atoms with Crippen molar-refractivity contribution in [2.75, 3.05) is 25.2 Å². The molecule has 142 valence electrons. The van der Waals surface area contributed by atoms with E-state index in [1.54, 1.807) is 12.1 Å². The maximum Gasteiger partial charge on any atom is 0.339 e. The summed E-state index contributed by atoms with van der Waals surface area (Å²) in [6, 6.07) is 7.15. The maximum absolute atomic E-state index is 12.9. The summed E-state index contributed by atoms with van der Waals surface area (Å²) in [5.41, 5.74) is 3.04. The number of amides is 1. The topological polar surface area (TPSA) is 107 Å². The quantitative estimate of drug-likeness (QED) is 0.749. The first-order valence-corrected chi connectivity index (χ1v) is 9.70. The first-order chi connectivity index (χ1) is 12.9. The minimum atomic E-state index is -4.28. The molecule has 0 bridgehead atoms. The van der Waals surface area contributed by atoms with Gasteiger partial charge in [-0.3, -0.25) is 14.3 Å². The van der Waals surface area contributed by atoms with Gasteiger partial charge in [-0.25, -0.2) is 0 Å². The Morgan fingerprint density at radius 3 is 2.67 bits per heavy atom. The third-order valence-corrected chi connectivity index (χ3v) is 5.67. The van der Waals surface area contributed by atoms with Crippen molar-refractivity contribution in [3.05, 3.63) is 58.0 Å². The Bertz CT molecular complexity index is 1060. The average molecular weight is 391 g/mol. The lowest BCUT2D eigenvalue weighted by Crippen LogP contribution is -2.59. The van der Waals surface area contributed by atoms with Crippen molar-refractivity contribution < 1.29 is 22.1 Å². The number of nitrogens with zero attached hydrogens (tertiary/aromatic N) is 2. The SMILES string of the molecule is Cc1ccc(S(=O)(=O)Oc2c3n(ccc2=O)N[C@@H]2COCCN2C3=O)cc1. The van der Waals surface area contributed by atoms with Crippen LogP contribution in [0.3, 0.4) is 0 Å². The molecule has 1 aromatic heterocycles. The van der Waals surface area contributed by atoms with Gasteiger partial charge >= 0.3 is 10.1 Å². The van der Waals surface area contributed by atoms with Gasteiger partial charge in [-0.15, -0.1) is 0 Å². The van der Waals surface area contributed by atoms with Crippen molar-refractivity contribution in [3.8, 4) is 5.75 Å². The molecule has 10 heteroatoms. The fraction of sp³-hybridized carbons (Fsp3) is 0.294. The van der Waals surface area contributed by atoms with E-state index in [0.717, 1.165) is 11.6 Å². The molecule has 9 nitrogen and oxygen atoms in total. The molecule has 1 aromatic carbocycles. The second kappa shape index (κ2) is 6.39. The van der Waals surface area contributed by atoms with Crippen LogP contribution in [0.5, 0.6) is 5.75 Å². The number of hydrogen-bond acceptors (Lipinski definition) is 7. The van der Waals surface area contributed by atoms with E-state index in [-0.39, 0.29) is 17.2 Å². The van der Waals surface area contributed by atoms with Gasteiger partial charge in [-0.05, 0) is 19.1 Å². The molecular weight excluding hydrogens is 374 g/mol. The second-order valence-corrected chi connectivity index (χ2v) is 7.84. The van der Waals surface area contributed by atoms with Gasteiger partial charge in [0.25, 0.3) is 5.91 Å². The molecular formula is C17H17N3O6S. The number of benzene rings is 1.